The third-order valence-corrected chi connectivity index (χ3v) is 4.49. The average molecular weight is 431 g/mol. The molecule has 27 heavy (non-hydrogen) atoms. The van der Waals surface area contributed by atoms with E-state index in [1.165, 1.54) is 13.2 Å². The van der Waals surface area contributed by atoms with Gasteiger partial charge in [-0.3, -0.25) is 4.79 Å². The summed E-state index contributed by atoms with van der Waals surface area (Å²) < 4.78 is 11.1. The zero-order valence-corrected chi connectivity index (χ0v) is 17.1. The predicted molar refractivity (Wildman–Crippen MR) is 105 cm³/mol. The summed E-state index contributed by atoms with van der Waals surface area (Å²) in [5.74, 6) is -0.472. The lowest BCUT2D eigenvalue weighted by Gasteiger charge is -2.06. The van der Waals surface area contributed by atoms with Crippen LogP contribution >= 0.6 is 15.9 Å². The molecule has 0 unspecified atom stereocenters. The molecule has 0 atom stereocenters. The number of esters is 1. The normalized spacial score (nSPS) is 11.0. The third-order valence-electron chi connectivity index (χ3n) is 4.00. The number of nitriles is 1. The molecular formula is C20H19BrN2O4. The van der Waals surface area contributed by atoms with E-state index in [4.69, 9.17) is 9.47 Å². The summed E-state index contributed by atoms with van der Waals surface area (Å²) in [4.78, 5) is 27.9. The smallest absolute Gasteiger partial charge is 0.340 e. The number of carbonyl (C=O) groups excluding carboxylic acids is 2. The van der Waals surface area contributed by atoms with Crippen LogP contribution < -0.4 is 4.74 Å². The maximum atomic E-state index is 12.9. The number of hydrogen-bond donors (Lipinski definition) is 1. The van der Waals surface area contributed by atoms with E-state index < -0.39 is 11.8 Å². The van der Waals surface area contributed by atoms with E-state index in [1.54, 1.807) is 39.0 Å². The Balaban J connectivity index is 2.50. The van der Waals surface area contributed by atoms with Gasteiger partial charge < -0.3 is 14.5 Å². The van der Waals surface area contributed by atoms with Crippen molar-refractivity contribution < 1.29 is 19.1 Å². The van der Waals surface area contributed by atoms with Crippen molar-refractivity contribution in [3.05, 3.63) is 56.3 Å². The van der Waals surface area contributed by atoms with Gasteiger partial charge in [0.1, 0.15) is 17.4 Å². The first-order chi connectivity index (χ1) is 12.8. The minimum atomic E-state index is -0.504. The van der Waals surface area contributed by atoms with Gasteiger partial charge in [-0.15, -0.1) is 0 Å². The van der Waals surface area contributed by atoms with Gasteiger partial charge in [0, 0.05) is 15.7 Å². The molecule has 0 aliphatic heterocycles. The molecule has 0 radical (unpaired) electrons. The zero-order valence-electron chi connectivity index (χ0n) is 15.5. The number of ketones is 1. The molecule has 2 aromatic rings. The van der Waals surface area contributed by atoms with Crippen LogP contribution in [0.1, 0.15) is 44.6 Å². The van der Waals surface area contributed by atoms with Crippen molar-refractivity contribution in [3.63, 3.8) is 0 Å². The Bertz CT molecular complexity index is 967. The monoisotopic (exact) mass is 430 g/mol. The summed E-state index contributed by atoms with van der Waals surface area (Å²) >= 11 is 3.36. The average Bonchev–Trinajstić information content (AvgIpc) is 2.93. The van der Waals surface area contributed by atoms with E-state index in [0.29, 0.717) is 28.1 Å². The number of benzene rings is 1. The van der Waals surface area contributed by atoms with Crippen LogP contribution in [0.5, 0.6) is 5.75 Å². The highest BCUT2D eigenvalue weighted by Gasteiger charge is 2.25. The summed E-state index contributed by atoms with van der Waals surface area (Å²) in [5, 5.41) is 9.52. The molecule has 0 saturated heterocycles. The lowest BCUT2D eigenvalue weighted by molar-refractivity contribution is 0.0525. The van der Waals surface area contributed by atoms with Gasteiger partial charge in [-0.1, -0.05) is 15.9 Å². The molecule has 1 aromatic heterocycles. The maximum absolute atomic E-state index is 12.9. The molecular weight excluding hydrogens is 412 g/mol. The molecule has 0 aliphatic rings. The van der Waals surface area contributed by atoms with Gasteiger partial charge in [-0.05, 0) is 50.6 Å². The van der Waals surface area contributed by atoms with Crippen LogP contribution in [-0.4, -0.2) is 30.5 Å². The van der Waals surface area contributed by atoms with E-state index >= 15 is 0 Å². The second-order valence-corrected chi connectivity index (χ2v) is 6.65. The van der Waals surface area contributed by atoms with Crippen LogP contribution in [0.15, 0.2) is 28.2 Å². The molecule has 140 valence electrons. The lowest BCUT2D eigenvalue weighted by atomic mass is 10.0. The number of aromatic nitrogens is 1. The fourth-order valence-electron chi connectivity index (χ4n) is 2.74. The predicted octanol–water partition coefficient (Wildman–Crippen LogP) is 4.37. The number of rotatable bonds is 6. The second kappa shape index (κ2) is 8.69. The number of H-pyrrole nitrogens is 1. The number of aromatic amines is 1. The Kier molecular flexibility index (Phi) is 6.59. The van der Waals surface area contributed by atoms with Crippen LogP contribution in [0.3, 0.4) is 0 Å². The molecule has 0 spiro atoms. The van der Waals surface area contributed by atoms with Crippen molar-refractivity contribution in [2.75, 3.05) is 13.7 Å². The highest BCUT2D eigenvalue weighted by Crippen LogP contribution is 2.27. The number of nitrogens with zero attached hydrogens (tertiary/aromatic N) is 1. The molecule has 1 aromatic carbocycles. The first-order valence-corrected chi connectivity index (χ1v) is 8.99. The van der Waals surface area contributed by atoms with Crippen LogP contribution in [0.2, 0.25) is 0 Å². The fraction of sp³-hybridized carbons (Fsp3) is 0.250. The first kappa shape index (κ1) is 20.5. The molecule has 1 N–H and O–H groups in total. The first-order valence-electron chi connectivity index (χ1n) is 8.20. The number of halogens is 1. The third kappa shape index (κ3) is 4.29. The van der Waals surface area contributed by atoms with Crippen molar-refractivity contribution >= 4 is 33.8 Å². The Morgan fingerprint density at radius 2 is 2.04 bits per heavy atom. The van der Waals surface area contributed by atoms with Crippen molar-refractivity contribution in [1.29, 1.82) is 5.26 Å². The number of aryl methyl sites for hydroxylation is 1. The van der Waals surface area contributed by atoms with Crippen molar-refractivity contribution in [3.8, 4) is 11.8 Å². The standard InChI is InChI=1S/C20H19BrN2O4/c1-5-27-20(25)17-11(2)18(23-12(17)3)19(24)14(10-22)8-13-9-15(21)6-7-16(13)26-4/h6-9,23H,5H2,1-4H3. The quantitative estimate of drug-likeness (QED) is 0.317. The molecule has 0 fully saturated rings. The Labute approximate surface area is 165 Å². The molecule has 7 heteroatoms. The minimum absolute atomic E-state index is 0.0776. The van der Waals surface area contributed by atoms with E-state index in [9.17, 15) is 14.9 Å². The molecule has 0 saturated carbocycles. The lowest BCUT2D eigenvalue weighted by Crippen LogP contribution is -2.08. The SMILES string of the molecule is CCOC(=O)c1c(C)[nH]c(C(=O)C(C#N)=Cc2cc(Br)ccc2OC)c1C. The van der Waals surface area contributed by atoms with E-state index in [2.05, 4.69) is 20.9 Å². The number of methoxy groups -OCH3 is 1. The number of hydrogen-bond acceptors (Lipinski definition) is 5. The highest BCUT2D eigenvalue weighted by molar-refractivity contribution is 9.10. The van der Waals surface area contributed by atoms with Gasteiger partial charge in [0.2, 0.25) is 5.78 Å². The number of nitrogens with one attached hydrogen (secondary N) is 1. The number of carbonyl (C=O) groups is 2. The van der Waals surface area contributed by atoms with Crippen molar-refractivity contribution in [1.82, 2.24) is 4.98 Å². The summed E-state index contributed by atoms with van der Waals surface area (Å²) in [6.45, 7) is 5.28. The van der Waals surface area contributed by atoms with Gasteiger partial charge >= 0.3 is 5.97 Å². The van der Waals surface area contributed by atoms with Gasteiger partial charge in [0.25, 0.3) is 0 Å². The summed E-state index contributed by atoms with van der Waals surface area (Å²) in [6.07, 6.45) is 1.46. The Morgan fingerprint density at radius 3 is 2.63 bits per heavy atom. The molecule has 0 amide bonds. The molecule has 2 rings (SSSR count). The van der Waals surface area contributed by atoms with Crippen molar-refractivity contribution in [2.45, 2.75) is 20.8 Å². The summed E-state index contributed by atoms with van der Waals surface area (Å²) in [5.41, 5.74) is 1.99. The van der Waals surface area contributed by atoms with Crippen LogP contribution in [0.4, 0.5) is 0 Å². The second-order valence-electron chi connectivity index (χ2n) is 5.73. The largest absolute Gasteiger partial charge is 0.496 e. The van der Waals surface area contributed by atoms with E-state index in [-0.39, 0.29) is 17.9 Å². The maximum Gasteiger partial charge on any atom is 0.340 e. The van der Waals surface area contributed by atoms with E-state index in [1.807, 2.05) is 6.07 Å². The highest BCUT2D eigenvalue weighted by atomic mass is 79.9. The minimum Gasteiger partial charge on any atom is -0.496 e. The molecule has 0 bridgehead atoms. The van der Waals surface area contributed by atoms with Gasteiger partial charge in [0.05, 0.1) is 25.0 Å². The van der Waals surface area contributed by atoms with Gasteiger partial charge in [0.15, 0.2) is 0 Å². The Hall–Kier alpha value is -2.85. The molecule has 0 aliphatic carbocycles. The summed E-state index contributed by atoms with van der Waals surface area (Å²) in [7, 11) is 1.51. The summed E-state index contributed by atoms with van der Waals surface area (Å²) in [6, 6.07) is 7.22. The van der Waals surface area contributed by atoms with Gasteiger partial charge in [-0.25, -0.2) is 4.79 Å². The van der Waals surface area contributed by atoms with Gasteiger partial charge in [-0.2, -0.15) is 5.26 Å². The number of allylic oxidation sites excluding steroid dienone is 1. The topological polar surface area (TPSA) is 92.2 Å². The number of ether oxygens (including phenoxy) is 2. The number of Topliss-reactive ketones (excluding diaryl/α,β-unsaturated/α-hetero) is 1. The van der Waals surface area contributed by atoms with Crippen LogP contribution in [0, 0.1) is 25.2 Å². The Morgan fingerprint density at radius 1 is 1.33 bits per heavy atom. The molecule has 1 heterocycles. The van der Waals surface area contributed by atoms with Crippen molar-refractivity contribution in [2.24, 2.45) is 0 Å². The zero-order chi connectivity index (χ0) is 20.1. The van der Waals surface area contributed by atoms with Crippen LogP contribution in [0.25, 0.3) is 6.08 Å². The van der Waals surface area contributed by atoms with Crippen LogP contribution in [-0.2, 0) is 4.74 Å². The fourth-order valence-corrected chi connectivity index (χ4v) is 3.12. The molecule has 6 nitrogen and oxygen atoms in total. The van der Waals surface area contributed by atoms with E-state index in [0.717, 1.165) is 4.47 Å².